The van der Waals surface area contributed by atoms with E-state index in [2.05, 4.69) is 15.2 Å². The van der Waals surface area contributed by atoms with Gasteiger partial charge in [-0.3, -0.25) is 9.48 Å². The summed E-state index contributed by atoms with van der Waals surface area (Å²) in [6, 6.07) is 6.38. The molecule has 1 aliphatic carbocycles. The van der Waals surface area contributed by atoms with E-state index >= 15 is 0 Å². The molecule has 0 radical (unpaired) electrons. The maximum atomic E-state index is 12.9. The number of hydrogen-bond acceptors (Lipinski definition) is 3. The minimum Gasteiger partial charge on any atom is -0.484 e. The molecule has 1 heterocycles. The summed E-state index contributed by atoms with van der Waals surface area (Å²) in [4.78, 5) is 12.2. The fourth-order valence-electron chi connectivity index (χ4n) is 2.88. The number of nitrogens with zero attached hydrogens (tertiary/aromatic N) is 2. The highest BCUT2D eigenvalue weighted by molar-refractivity contribution is 5.94. The Morgan fingerprint density at radius 2 is 1.90 bits per heavy atom. The Hall–Kier alpha value is -2.72. The third-order valence-electron chi connectivity index (χ3n) is 4.43. The zero-order valence-corrected chi connectivity index (χ0v) is 15.7. The molecule has 0 atom stereocenters. The number of alkyl halides is 6. The van der Waals surface area contributed by atoms with Gasteiger partial charge < -0.3 is 10.1 Å². The maximum Gasteiger partial charge on any atom is 0.435 e. The Balaban J connectivity index is 1.51. The fraction of sp³-hybridized carbons (Fsp3) is 0.474. The molecule has 1 saturated carbocycles. The van der Waals surface area contributed by atoms with Crippen LogP contribution in [0.5, 0.6) is 5.75 Å². The summed E-state index contributed by atoms with van der Waals surface area (Å²) in [5, 5.41) is 6.23. The van der Waals surface area contributed by atoms with Crippen LogP contribution in [-0.4, -0.2) is 35.0 Å². The molecule has 0 unspecified atom stereocenters. The lowest BCUT2D eigenvalue weighted by Gasteiger charge is -2.11. The van der Waals surface area contributed by atoms with Crippen LogP contribution in [0.3, 0.4) is 0 Å². The molecule has 0 aliphatic heterocycles. The van der Waals surface area contributed by atoms with Crippen LogP contribution in [0, 0.1) is 0 Å². The van der Waals surface area contributed by atoms with Crippen molar-refractivity contribution in [2.45, 2.75) is 44.1 Å². The highest BCUT2D eigenvalue weighted by atomic mass is 19.4. The van der Waals surface area contributed by atoms with Gasteiger partial charge in [-0.05, 0) is 43.5 Å². The van der Waals surface area contributed by atoms with E-state index in [4.69, 9.17) is 0 Å². The first kappa shape index (κ1) is 22.0. The van der Waals surface area contributed by atoms with Gasteiger partial charge in [-0.1, -0.05) is 6.07 Å². The quantitative estimate of drug-likeness (QED) is 0.489. The molecule has 30 heavy (non-hydrogen) atoms. The Morgan fingerprint density at radius 3 is 2.53 bits per heavy atom. The lowest BCUT2D eigenvalue weighted by Crippen LogP contribution is -2.25. The highest BCUT2D eigenvalue weighted by Crippen LogP contribution is 2.42. The smallest absolute Gasteiger partial charge is 0.435 e. The number of ether oxygens (including phenoxy) is 1. The number of halogens is 6. The average molecular weight is 435 g/mol. The number of nitrogens with one attached hydrogen (secondary N) is 1. The Labute approximate surface area is 168 Å². The zero-order valence-electron chi connectivity index (χ0n) is 15.7. The molecule has 0 saturated heterocycles. The van der Waals surface area contributed by atoms with Crippen LogP contribution >= 0.6 is 0 Å². The summed E-state index contributed by atoms with van der Waals surface area (Å²) in [6.07, 6.45) is -7.01. The molecule has 1 N–H and O–H groups in total. The van der Waals surface area contributed by atoms with Crippen molar-refractivity contribution in [3.63, 3.8) is 0 Å². The maximum absolute atomic E-state index is 12.9. The van der Waals surface area contributed by atoms with E-state index in [0.29, 0.717) is 12.1 Å². The van der Waals surface area contributed by atoms with Crippen molar-refractivity contribution in [1.29, 1.82) is 0 Å². The monoisotopic (exact) mass is 435 g/mol. The van der Waals surface area contributed by atoms with Crippen LogP contribution in [-0.2, 0) is 12.7 Å². The molecule has 164 valence electrons. The van der Waals surface area contributed by atoms with Crippen LogP contribution in [0.1, 0.15) is 46.9 Å². The van der Waals surface area contributed by atoms with Gasteiger partial charge in [0.15, 0.2) is 12.3 Å². The van der Waals surface area contributed by atoms with Crippen LogP contribution in [0.4, 0.5) is 26.3 Å². The zero-order chi connectivity index (χ0) is 21.9. The summed E-state index contributed by atoms with van der Waals surface area (Å²) in [6.45, 7) is -1.10. The Bertz CT molecular complexity index is 887. The van der Waals surface area contributed by atoms with E-state index in [1.165, 1.54) is 28.9 Å². The normalized spacial score (nSPS) is 14.6. The summed E-state index contributed by atoms with van der Waals surface area (Å²) in [5.41, 5.74) is -0.265. The predicted octanol–water partition coefficient (Wildman–Crippen LogP) is 4.54. The van der Waals surface area contributed by atoms with Crippen LogP contribution in [0.15, 0.2) is 30.3 Å². The molecule has 1 aliphatic rings. The predicted molar refractivity (Wildman–Crippen MR) is 94.1 cm³/mol. The van der Waals surface area contributed by atoms with E-state index in [1.54, 1.807) is 0 Å². The van der Waals surface area contributed by atoms with Crippen LogP contribution in [0.2, 0.25) is 0 Å². The van der Waals surface area contributed by atoms with E-state index in [0.717, 1.165) is 18.9 Å². The molecule has 2 aromatic rings. The molecule has 11 heteroatoms. The van der Waals surface area contributed by atoms with Gasteiger partial charge >= 0.3 is 12.4 Å². The minimum atomic E-state index is -4.51. The number of rotatable bonds is 8. The van der Waals surface area contributed by atoms with Gasteiger partial charge in [0.05, 0.1) is 0 Å². The summed E-state index contributed by atoms with van der Waals surface area (Å²) in [7, 11) is 0. The number of hydrogen-bond donors (Lipinski definition) is 1. The fourth-order valence-corrected chi connectivity index (χ4v) is 2.88. The van der Waals surface area contributed by atoms with Crippen LogP contribution < -0.4 is 10.1 Å². The molecule has 5 nitrogen and oxygen atoms in total. The number of carbonyl (C=O) groups excluding carboxylic acids is 1. The topological polar surface area (TPSA) is 56.2 Å². The first-order valence-electron chi connectivity index (χ1n) is 9.26. The molecule has 0 spiro atoms. The SMILES string of the molecule is O=C(NCCCn1nc(C(F)(F)F)cc1C1CC1)c1cccc(OCC(F)(F)F)c1. The first-order chi connectivity index (χ1) is 14.0. The molecule has 1 fully saturated rings. The first-order valence-corrected chi connectivity index (χ1v) is 9.26. The summed E-state index contributed by atoms with van der Waals surface area (Å²) >= 11 is 0. The van der Waals surface area contributed by atoms with Crippen molar-refractivity contribution >= 4 is 5.91 Å². The van der Waals surface area contributed by atoms with Crippen molar-refractivity contribution < 1.29 is 35.9 Å². The molecular weight excluding hydrogens is 416 g/mol. The van der Waals surface area contributed by atoms with Crippen molar-refractivity contribution in [3.05, 3.63) is 47.3 Å². The second-order valence-corrected chi connectivity index (χ2v) is 6.99. The molecular formula is C19H19F6N3O2. The number of amides is 1. The van der Waals surface area contributed by atoms with Gasteiger partial charge in [0.25, 0.3) is 5.91 Å². The van der Waals surface area contributed by atoms with E-state index in [-0.39, 0.29) is 30.3 Å². The van der Waals surface area contributed by atoms with Gasteiger partial charge in [-0.25, -0.2) is 0 Å². The van der Waals surface area contributed by atoms with Gasteiger partial charge in [0, 0.05) is 30.3 Å². The summed E-state index contributed by atoms with van der Waals surface area (Å²) < 4.78 is 81.3. The average Bonchev–Trinajstić information content (AvgIpc) is 3.41. The highest BCUT2D eigenvalue weighted by Gasteiger charge is 2.37. The van der Waals surface area contributed by atoms with E-state index < -0.39 is 30.6 Å². The van der Waals surface area contributed by atoms with Gasteiger partial charge in [-0.2, -0.15) is 31.4 Å². The molecule has 1 amide bonds. The standard InChI is InChI=1S/C19H19F6N3O2/c20-18(21,22)11-30-14-4-1-3-13(9-14)17(29)26-7-2-8-28-15(12-5-6-12)10-16(27-28)19(23,24)25/h1,3-4,9-10,12H,2,5-8,11H2,(H,26,29). The summed E-state index contributed by atoms with van der Waals surface area (Å²) in [5.74, 6) is -0.528. The molecule has 1 aromatic carbocycles. The van der Waals surface area contributed by atoms with E-state index in [1.807, 2.05) is 0 Å². The van der Waals surface area contributed by atoms with Crippen molar-refractivity contribution in [2.24, 2.45) is 0 Å². The van der Waals surface area contributed by atoms with Crippen molar-refractivity contribution in [2.75, 3.05) is 13.2 Å². The third-order valence-corrected chi connectivity index (χ3v) is 4.43. The Kier molecular flexibility index (Phi) is 6.27. The minimum absolute atomic E-state index is 0.0858. The third kappa shape index (κ3) is 6.14. The number of carbonyl (C=O) groups is 1. The molecule has 3 rings (SSSR count). The molecule has 1 aromatic heterocycles. The van der Waals surface area contributed by atoms with E-state index in [9.17, 15) is 31.1 Å². The second-order valence-electron chi connectivity index (χ2n) is 6.99. The molecule has 0 bridgehead atoms. The van der Waals surface area contributed by atoms with Gasteiger partial charge in [0.1, 0.15) is 5.75 Å². The number of aryl methyl sites for hydroxylation is 1. The lowest BCUT2D eigenvalue weighted by atomic mass is 10.2. The number of benzene rings is 1. The van der Waals surface area contributed by atoms with Gasteiger partial charge in [0.2, 0.25) is 0 Å². The Morgan fingerprint density at radius 1 is 1.17 bits per heavy atom. The largest absolute Gasteiger partial charge is 0.484 e. The van der Waals surface area contributed by atoms with Gasteiger partial charge in [-0.15, -0.1) is 0 Å². The van der Waals surface area contributed by atoms with Crippen LogP contribution in [0.25, 0.3) is 0 Å². The second kappa shape index (κ2) is 8.57. The van der Waals surface area contributed by atoms with Crippen molar-refractivity contribution in [1.82, 2.24) is 15.1 Å². The van der Waals surface area contributed by atoms with Crippen molar-refractivity contribution in [3.8, 4) is 5.75 Å². The number of aromatic nitrogens is 2. The lowest BCUT2D eigenvalue weighted by molar-refractivity contribution is -0.153.